The average molecular weight is 310 g/mol. The molecule has 1 saturated carbocycles. The molecule has 1 aromatic rings. The van der Waals surface area contributed by atoms with Gasteiger partial charge in [-0.25, -0.2) is 0 Å². The second kappa shape index (κ2) is 7.04. The molecule has 21 heavy (non-hydrogen) atoms. The topological polar surface area (TPSA) is 78.4 Å². The van der Waals surface area contributed by atoms with Crippen LogP contribution >= 0.6 is 11.3 Å². The molecule has 1 atom stereocenters. The highest BCUT2D eigenvalue weighted by Crippen LogP contribution is 2.27. The molecule has 1 aliphatic carbocycles. The van der Waals surface area contributed by atoms with Gasteiger partial charge in [0.25, 0.3) is 5.91 Å². The lowest BCUT2D eigenvalue weighted by Crippen LogP contribution is -2.50. The SMILES string of the molecule is CC(NC(=O)c1cccs1)C(=O)NCC1(O)CCCCC1. The molecular formula is C15H22N2O3S. The molecule has 1 fully saturated rings. The van der Waals surface area contributed by atoms with Crippen molar-refractivity contribution < 1.29 is 14.7 Å². The van der Waals surface area contributed by atoms with Crippen molar-refractivity contribution in [2.45, 2.75) is 50.7 Å². The van der Waals surface area contributed by atoms with Gasteiger partial charge >= 0.3 is 0 Å². The molecule has 3 N–H and O–H groups in total. The van der Waals surface area contributed by atoms with E-state index < -0.39 is 11.6 Å². The molecule has 0 bridgehead atoms. The maximum Gasteiger partial charge on any atom is 0.261 e. The van der Waals surface area contributed by atoms with Crippen molar-refractivity contribution in [3.8, 4) is 0 Å². The fourth-order valence-electron chi connectivity index (χ4n) is 2.53. The van der Waals surface area contributed by atoms with E-state index in [0.29, 0.717) is 4.88 Å². The third-order valence-electron chi connectivity index (χ3n) is 3.86. The normalized spacial score (nSPS) is 18.8. The van der Waals surface area contributed by atoms with Crippen molar-refractivity contribution in [1.29, 1.82) is 0 Å². The number of hydrogen-bond donors (Lipinski definition) is 3. The Morgan fingerprint density at radius 2 is 2.10 bits per heavy atom. The van der Waals surface area contributed by atoms with E-state index in [0.717, 1.165) is 32.1 Å². The number of thiophene rings is 1. The Balaban J connectivity index is 1.78. The number of aliphatic hydroxyl groups is 1. The molecule has 1 unspecified atom stereocenters. The molecule has 5 nitrogen and oxygen atoms in total. The Bertz CT molecular complexity index is 481. The summed E-state index contributed by atoms with van der Waals surface area (Å²) >= 11 is 1.34. The summed E-state index contributed by atoms with van der Waals surface area (Å²) in [6, 6.07) is 2.89. The maximum atomic E-state index is 12.0. The van der Waals surface area contributed by atoms with Gasteiger partial charge < -0.3 is 15.7 Å². The van der Waals surface area contributed by atoms with Crippen LogP contribution in [0.1, 0.15) is 48.7 Å². The van der Waals surface area contributed by atoms with E-state index in [9.17, 15) is 14.7 Å². The van der Waals surface area contributed by atoms with Crippen LogP contribution in [0.4, 0.5) is 0 Å². The molecule has 1 aliphatic rings. The van der Waals surface area contributed by atoms with Crippen molar-refractivity contribution in [3.63, 3.8) is 0 Å². The minimum atomic E-state index is -0.786. The Hall–Kier alpha value is -1.40. The predicted octanol–water partition coefficient (Wildman–Crippen LogP) is 1.68. The summed E-state index contributed by atoms with van der Waals surface area (Å²) in [5, 5.41) is 17.6. The summed E-state index contributed by atoms with van der Waals surface area (Å²) in [7, 11) is 0. The van der Waals surface area contributed by atoms with Gasteiger partial charge in [-0.15, -0.1) is 11.3 Å². The van der Waals surface area contributed by atoms with Gasteiger partial charge in [0.05, 0.1) is 10.5 Å². The number of nitrogens with one attached hydrogen (secondary N) is 2. The summed E-state index contributed by atoms with van der Waals surface area (Å²) in [6.07, 6.45) is 4.59. The Morgan fingerprint density at radius 3 is 2.71 bits per heavy atom. The van der Waals surface area contributed by atoms with Crippen LogP contribution in [-0.2, 0) is 4.79 Å². The second-order valence-corrected chi connectivity index (χ2v) is 6.62. The molecule has 0 aromatic carbocycles. The van der Waals surface area contributed by atoms with Crippen LogP contribution in [0, 0.1) is 0 Å². The van der Waals surface area contributed by atoms with Crippen LogP contribution in [0.5, 0.6) is 0 Å². The molecule has 0 saturated heterocycles. The summed E-state index contributed by atoms with van der Waals surface area (Å²) in [4.78, 5) is 24.4. The van der Waals surface area contributed by atoms with Gasteiger partial charge in [0.15, 0.2) is 0 Å². The van der Waals surface area contributed by atoms with Gasteiger partial charge in [0, 0.05) is 6.54 Å². The first kappa shape index (κ1) is 16.0. The van der Waals surface area contributed by atoms with E-state index in [1.165, 1.54) is 11.3 Å². The number of carbonyl (C=O) groups excluding carboxylic acids is 2. The average Bonchev–Trinajstić information content (AvgIpc) is 3.00. The first-order valence-corrected chi connectivity index (χ1v) is 8.23. The van der Waals surface area contributed by atoms with Crippen molar-refractivity contribution in [2.75, 3.05) is 6.54 Å². The van der Waals surface area contributed by atoms with Crippen LogP contribution in [0.2, 0.25) is 0 Å². The first-order chi connectivity index (χ1) is 10.0. The van der Waals surface area contributed by atoms with Gasteiger partial charge in [-0.3, -0.25) is 9.59 Å². The summed E-state index contributed by atoms with van der Waals surface area (Å²) in [6.45, 7) is 1.90. The lowest BCUT2D eigenvalue weighted by Gasteiger charge is -2.32. The van der Waals surface area contributed by atoms with E-state index >= 15 is 0 Å². The van der Waals surface area contributed by atoms with Crippen molar-refractivity contribution in [2.24, 2.45) is 0 Å². The van der Waals surface area contributed by atoms with Crippen LogP contribution in [0.3, 0.4) is 0 Å². The standard InChI is InChI=1S/C15H22N2O3S/c1-11(17-14(19)12-6-5-9-21-12)13(18)16-10-15(20)7-3-2-4-8-15/h5-6,9,11,20H,2-4,7-8,10H2,1H3,(H,16,18)(H,17,19). The summed E-state index contributed by atoms with van der Waals surface area (Å²) < 4.78 is 0. The lowest BCUT2D eigenvalue weighted by atomic mass is 9.85. The van der Waals surface area contributed by atoms with Gasteiger partial charge in [0.1, 0.15) is 6.04 Å². The zero-order valence-corrected chi connectivity index (χ0v) is 13.0. The van der Waals surface area contributed by atoms with Crippen molar-refractivity contribution in [1.82, 2.24) is 10.6 Å². The molecule has 1 aromatic heterocycles. The minimum Gasteiger partial charge on any atom is -0.388 e. The van der Waals surface area contributed by atoms with Crippen molar-refractivity contribution in [3.05, 3.63) is 22.4 Å². The highest BCUT2D eigenvalue weighted by molar-refractivity contribution is 7.12. The third kappa shape index (κ3) is 4.54. The fraction of sp³-hybridized carbons (Fsp3) is 0.600. The number of carbonyl (C=O) groups is 2. The molecule has 2 rings (SSSR count). The Kier molecular flexibility index (Phi) is 5.36. The lowest BCUT2D eigenvalue weighted by molar-refractivity contribution is -0.124. The molecule has 0 radical (unpaired) electrons. The number of rotatable bonds is 5. The van der Waals surface area contributed by atoms with E-state index in [1.54, 1.807) is 19.1 Å². The van der Waals surface area contributed by atoms with Crippen LogP contribution < -0.4 is 10.6 Å². The highest BCUT2D eigenvalue weighted by atomic mass is 32.1. The van der Waals surface area contributed by atoms with Crippen molar-refractivity contribution >= 4 is 23.2 Å². The van der Waals surface area contributed by atoms with Crippen LogP contribution in [0.25, 0.3) is 0 Å². The van der Waals surface area contributed by atoms with Gasteiger partial charge in [-0.2, -0.15) is 0 Å². The highest BCUT2D eigenvalue weighted by Gasteiger charge is 2.30. The molecular weight excluding hydrogens is 288 g/mol. The number of amides is 2. The zero-order chi connectivity index (χ0) is 15.3. The smallest absolute Gasteiger partial charge is 0.261 e. The Labute approximate surface area is 128 Å². The zero-order valence-electron chi connectivity index (χ0n) is 12.2. The summed E-state index contributed by atoms with van der Waals surface area (Å²) in [5.41, 5.74) is -0.786. The number of hydrogen-bond acceptors (Lipinski definition) is 4. The molecule has 1 heterocycles. The minimum absolute atomic E-state index is 0.246. The molecule has 116 valence electrons. The molecule has 0 aliphatic heterocycles. The molecule has 2 amide bonds. The van der Waals surface area contributed by atoms with Gasteiger partial charge in [-0.05, 0) is 31.2 Å². The maximum absolute atomic E-state index is 12.0. The first-order valence-electron chi connectivity index (χ1n) is 7.35. The van der Waals surface area contributed by atoms with E-state index in [-0.39, 0.29) is 18.4 Å². The monoisotopic (exact) mass is 310 g/mol. The van der Waals surface area contributed by atoms with E-state index in [4.69, 9.17) is 0 Å². The van der Waals surface area contributed by atoms with Gasteiger partial charge in [0.2, 0.25) is 5.91 Å². The molecule has 0 spiro atoms. The largest absolute Gasteiger partial charge is 0.388 e. The second-order valence-electron chi connectivity index (χ2n) is 5.68. The molecule has 6 heteroatoms. The predicted molar refractivity (Wildman–Crippen MR) is 82.3 cm³/mol. The quantitative estimate of drug-likeness (QED) is 0.774. The Morgan fingerprint density at radius 1 is 1.38 bits per heavy atom. The third-order valence-corrected chi connectivity index (χ3v) is 4.73. The van der Waals surface area contributed by atoms with Crippen LogP contribution in [0.15, 0.2) is 17.5 Å². The van der Waals surface area contributed by atoms with E-state index in [1.807, 2.05) is 5.38 Å². The summed E-state index contributed by atoms with van der Waals surface area (Å²) in [5.74, 6) is -0.511. The van der Waals surface area contributed by atoms with Crippen LogP contribution in [-0.4, -0.2) is 35.1 Å². The van der Waals surface area contributed by atoms with Gasteiger partial charge in [-0.1, -0.05) is 25.3 Å². The van der Waals surface area contributed by atoms with E-state index in [2.05, 4.69) is 10.6 Å². The fourth-order valence-corrected chi connectivity index (χ4v) is 3.16.